The predicted molar refractivity (Wildman–Crippen MR) is 132 cm³/mol. The van der Waals surface area contributed by atoms with Gasteiger partial charge in [0, 0.05) is 24.7 Å². The average Bonchev–Trinajstić information content (AvgIpc) is 3.24. The summed E-state index contributed by atoms with van der Waals surface area (Å²) in [4.78, 5) is 26.8. The summed E-state index contributed by atoms with van der Waals surface area (Å²) < 4.78 is 11.3. The molecule has 0 saturated carbocycles. The molecule has 0 aliphatic carbocycles. The quantitative estimate of drug-likeness (QED) is 0.456. The van der Waals surface area contributed by atoms with Crippen molar-refractivity contribution < 1.29 is 19.1 Å². The number of carbonyl (C=O) groups excluding carboxylic acids is 2. The molecule has 1 saturated heterocycles. The Morgan fingerprint density at radius 3 is 2.56 bits per heavy atom. The zero-order valence-electron chi connectivity index (χ0n) is 19.0. The lowest BCUT2D eigenvalue weighted by molar-refractivity contribution is -0.125. The number of rotatable bonds is 8. The summed E-state index contributed by atoms with van der Waals surface area (Å²) in [6.45, 7) is 2.65. The molecule has 0 spiro atoms. The summed E-state index contributed by atoms with van der Waals surface area (Å²) in [5.41, 5.74) is 8.98. The number of benzene rings is 3. The van der Waals surface area contributed by atoms with E-state index in [2.05, 4.69) is 10.9 Å². The second kappa shape index (κ2) is 10.5. The highest BCUT2D eigenvalue weighted by Crippen LogP contribution is 2.38. The van der Waals surface area contributed by atoms with Gasteiger partial charge in [-0.05, 0) is 30.7 Å². The maximum atomic E-state index is 12.7. The van der Waals surface area contributed by atoms with Gasteiger partial charge < -0.3 is 14.4 Å². The first-order chi connectivity index (χ1) is 16.4. The largest absolute Gasteiger partial charge is 0.493 e. The van der Waals surface area contributed by atoms with Crippen LogP contribution in [-0.2, 0) is 16.2 Å². The normalized spacial score (nSPS) is 15.2. The van der Waals surface area contributed by atoms with E-state index >= 15 is 0 Å². The van der Waals surface area contributed by atoms with Crippen LogP contribution in [0.4, 0.5) is 11.4 Å². The molecule has 0 aromatic heterocycles. The molecule has 1 fully saturated rings. The van der Waals surface area contributed by atoms with Gasteiger partial charge in [-0.2, -0.15) is 0 Å². The smallest absolute Gasteiger partial charge is 0.243 e. The van der Waals surface area contributed by atoms with Crippen LogP contribution in [0.2, 0.25) is 5.02 Å². The zero-order chi connectivity index (χ0) is 24.1. The van der Waals surface area contributed by atoms with Gasteiger partial charge in [-0.15, -0.1) is 0 Å². The third-order valence-corrected chi connectivity index (χ3v) is 5.91. The molecule has 0 radical (unpaired) electrons. The van der Waals surface area contributed by atoms with Crippen molar-refractivity contribution in [3.8, 4) is 11.5 Å². The Morgan fingerprint density at radius 2 is 1.85 bits per heavy atom. The van der Waals surface area contributed by atoms with E-state index in [9.17, 15) is 9.59 Å². The van der Waals surface area contributed by atoms with Gasteiger partial charge in [0.25, 0.3) is 0 Å². The van der Waals surface area contributed by atoms with E-state index in [1.54, 1.807) is 17.0 Å². The lowest BCUT2D eigenvalue weighted by Crippen LogP contribution is -2.36. The third-order valence-electron chi connectivity index (χ3n) is 5.63. The van der Waals surface area contributed by atoms with Gasteiger partial charge in [0.15, 0.2) is 11.5 Å². The molecule has 3 aromatic rings. The maximum absolute atomic E-state index is 12.7. The number of amides is 2. The number of hydrogen-bond donors (Lipinski definition) is 2. The van der Waals surface area contributed by atoms with Crippen LogP contribution in [0.15, 0.2) is 66.7 Å². The molecule has 1 atom stereocenters. The average molecular weight is 480 g/mol. The van der Waals surface area contributed by atoms with Crippen LogP contribution in [0.5, 0.6) is 11.5 Å². The molecule has 8 heteroatoms. The van der Waals surface area contributed by atoms with Crippen molar-refractivity contribution in [2.24, 2.45) is 5.92 Å². The first kappa shape index (κ1) is 23.4. The minimum absolute atomic E-state index is 0.0753. The van der Waals surface area contributed by atoms with Crippen LogP contribution in [0.25, 0.3) is 0 Å². The summed E-state index contributed by atoms with van der Waals surface area (Å²) in [6, 6.07) is 20.7. The number of hydrazine groups is 1. The van der Waals surface area contributed by atoms with Gasteiger partial charge in [-0.25, -0.2) is 0 Å². The van der Waals surface area contributed by atoms with Gasteiger partial charge in [0.2, 0.25) is 11.8 Å². The van der Waals surface area contributed by atoms with Crippen molar-refractivity contribution in [3.05, 3.63) is 82.9 Å². The predicted octanol–water partition coefficient (Wildman–Crippen LogP) is 4.73. The van der Waals surface area contributed by atoms with Gasteiger partial charge in [0.05, 0.1) is 23.7 Å². The number of nitrogens with zero attached hydrogens (tertiary/aromatic N) is 1. The molecule has 7 nitrogen and oxygen atoms in total. The van der Waals surface area contributed by atoms with Crippen molar-refractivity contribution in [1.82, 2.24) is 5.43 Å². The Morgan fingerprint density at radius 1 is 1.12 bits per heavy atom. The Balaban J connectivity index is 1.37. The molecule has 34 heavy (non-hydrogen) atoms. The van der Waals surface area contributed by atoms with Gasteiger partial charge in [0.1, 0.15) is 6.61 Å². The number of aryl methyl sites for hydroxylation is 1. The fourth-order valence-electron chi connectivity index (χ4n) is 3.76. The van der Waals surface area contributed by atoms with Crippen molar-refractivity contribution in [2.75, 3.05) is 24.0 Å². The molecule has 0 unspecified atom stereocenters. The van der Waals surface area contributed by atoms with Gasteiger partial charge in [-0.1, -0.05) is 59.6 Å². The molecule has 176 valence electrons. The SMILES string of the molecule is COc1cc(NNC(=O)[C@H]2CC(=O)N(c3ccc(C)cc3)C2)cc(Cl)c1OCc1ccccc1. The molecule has 1 aliphatic heterocycles. The monoisotopic (exact) mass is 479 g/mol. The topological polar surface area (TPSA) is 79.9 Å². The fourth-order valence-corrected chi connectivity index (χ4v) is 4.02. The zero-order valence-corrected chi connectivity index (χ0v) is 19.8. The molecule has 4 rings (SSSR count). The number of halogens is 1. The van der Waals surface area contributed by atoms with Crippen molar-refractivity contribution in [2.45, 2.75) is 20.0 Å². The highest BCUT2D eigenvalue weighted by atomic mass is 35.5. The Hall–Kier alpha value is -3.71. The van der Waals surface area contributed by atoms with Crippen LogP contribution in [0, 0.1) is 12.8 Å². The molecule has 1 aliphatic rings. The van der Waals surface area contributed by atoms with Crippen LogP contribution >= 0.6 is 11.6 Å². The number of nitrogens with one attached hydrogen (secondary N) is 2. The van der Waals surface area contributed by atoms with Crippen LogP contribution < -0.4 is 25.2 Å². The number of hydrogen-bond acceptors (Lipinski definition) is 5. The van der Waals surface area contributed by atoms with Crippen molar-refractivity contribution >= 4 is 34.8 Å². The second-order valence-corrected chi connectivity index (χ2v) is 8.53. The minimum atomic E-state index is -0.466. The van der Waals surface area contributed by atoms with E-state index in [4.69, 9.17) is 21.1 Å². The number of methoxy groups -OCH3 is 1. The van der Waals surface area contributed by atoms with E-state index in [-0.39, 0.29) is 18.2 Å². The lowest BCUT2D eigenvalue weighted by Gasteiger charge is -2.18. The van der Waals surface area contributed by atoms with Gasteiger partial charge >= 0.3 is 0 Å². The van der Waals surface area contributed by atoms with Crippen molar-refractivity contribution in [1.29, 1.82) is 0 Å². The molecule has 0 bridgehead atoms. The van der Waals surface area contributed by atoms with Crippen molar-refractivity contribution in [3.63, 3.8) is 0 Å². The number of anilines is 2. The molecular formula is C26H26ClN3O4. The summed E-state index contributed by atoms with van der Waals surface area (Å²) >= 11 is 6.43. The van der Waals surface area contributed by atoms with Crippen LogP contribution in [0.1, 0.15) is 17.5 Å². The maximum Gasteiger partial charge on any atom is 0.243 e. The van der Waals surface area contributed by atoms with E-state index < -0.39 is 5.92 Å². The summed E-state index contributed by atoms with van der Waals surface area (Å²) in [7, 11) is 1.52. The molecule has 3 aromatic carbocycles. The number of ether oxygens (including phenoxy) is 2. The highest BCUT2D eigenvalue weighted by molar-refractivity contribution is 6.32. The third kappa shape index (κ3) is 5.43. The highest BCUT2D eigenvalue weighted by Gasteiger charge is 2.35. The first-order valence-electron chi connectivity index (χ1n) is 10.9. The first-order valence-corrected chi connectivity index (χ1v) is 11.3. The van der Waals surface area contributed by atoms with E-state index in [0.717, 1.165) is 16.8 Å². The Bertz CT molecular complexity index is 1170. The molecule has 2 N–H and O–H groups in total. The second-order valence-electron chi connectivity index (χ2n) is 8.12. The van der Waals surface area contributed by atoms with E-state index in [0.29, 0.717) is 35.4 Å². The molecule has 1 heterocycles. The standard InChI is InChI=1S/C26H26ClN3O4/c1-17-8-10-21(11-9-17)30-15-19(12-24(30)31)26(32)29-28-20-13-22(27)25(23(14-20)33-2)34-16-18-6-4-3-5-7-18/h3-11,13-14,19,28H,12,15-16H2,1-2H3,(H,29,32)/t19-/m0/s1. The molecule has 2 amide bonds. The summed E-state index contributed by atoms with van der Waals surface area (Å²) in [5.74, 6) is 0.0324. The minimum Gasteiger partial charge on any atom is -0.493 e. The van der Waals surface area contributed by atoms with E-state index in [1.807, 2.05) is 61.5 Å². The summed E-state index contributed by atoms with van der Waals surface area (Å²) in [5, 5.41) is 0.341. The van der Waals surface area contributed by atoms with Crippen LogP contribution in [0.3, 0.4) is 0 Å². The lowest BCUT2D eigenvalue weighted by atomic mass is 10.1. The molecular weight excluding hydrogens is 454 g/mol. The summed E-state index contributed by atoms with van der Waals surface area (Å²) in [6.07, 6.45) is 0.151. The van der Waals surface area contributed by atoms with E-state index in [1.165, 1.54) is 7.11 Å². The Kier molecular flexibility index (Phi) is 7.23. The Labute approximate surface area is 203 Å². The fraction of sp³-hybridized carbons (Fsp3) is 0.231. The number of carbonyl (C=O) groups is 2. The van der Waals surface area contributed by atoms with Gasteiger partial charge in [-0.3, -0.25) is 20.4 Å². The van der Waals surface area contributed by atoms with Crippen LogP contribution in [-0.4, -0.2) is 25.5 Å².